The Labute approximate surface area is 101 Å². The van der Waals surface area contributed by atoms with Crippen LogP contribution < -0.4 is 5.32 Å². The van der Waals surface area contributed by atoms with E-state index in [1.165, 1.54) is 17.7 Å². The first kappa shape index (κ1) is 12.0. The van der Waals surface area contributed by atoms with Crippen molar-refractivity contribution in [1.82, 2.24) is 10.3 Å². The van der Waals surface area contributed by atoms with Gasteiger partial charge in [-0.3, -0.25) is 0 Å². The molecule has 90 valence electrons. The average Bonchev–Trinajstić information content (AvgIpc) is 3.01. The highest BCUT2D eigenvalue weighted by Gasteiger charge is 2.29. The minimum atomic E-state index is -0.170. The van der Waals surface area contributed by atoms with E-state index >= 15 is 0 Å². The lowest BCUT2D eigenvalue weighted by molar-refractivity contribution is 0.145. The SMILES string of the molecule is Cc1nc(C)c(C(C)NCC(O)C2CC2)s1. The first-order valence-electron chi connectivity index (χ1n) is 5.93. The highest BCUT2D eigenvalue weighted by Crippen LogP contribution is 2.32. The van der Waals surface area contributed by atoms with Crippen molar-refractivity contribution in [3.63, 3.8) is 0 Å². The molecule has 2 N–H and O–H groups in total. The number of aromatic nitrogens is 1. The number of hydrogen-bond donors (Lipinski definition) is 2. The summed E-state index contributed by atoms with van der Waals surface area (Å²) in [5.74, 6) is 0.545. The zero-order valence-corrected chi connectivity index (χ0v) is 11.0. The van der Waals surface area contributed by atoms with Crippen LogP contribution in [0.25, 0.3) is 0 Å². The zero-order valence-electron chi connectivity index (χ0n) is 10.2. The summed E-state index contributed by atoms with van der Waals surface area (Å²) in [4.78, 5) is 5.71. The summed E-state index contributed by atoms with van der Waals surface area (Å²) in [6.07, 6.45) is 2.21. The maximum Gasteiger partial charge on any atom is 0.0900 e. The lowest BCUT2D eigenvalue weighted by atomic mass is 10.2. The number of aryl methyl sites for hydroxylation is 2. The van der Waals surface area contributed by atoms with Crippen molar-refractivity contribution < 1.29 is 5.11 Å². The summed E-state index contributed by atoms with van der Waals surface area (Å²) < 4.78 is 0. The molecule has 0 aliphatic heterocycles. The number of rotatable bonds is 5. The Kier molecular flexibility index (Phi) is 3.62. The van der Waals surface area contributed by atoms with E-state index in [1.54, 1.807) is 11.3 Å². The Balaban J connectivity index is 1.87. The fourth-order valence-corrected chi connectivity index (χ4v) is 2.94. The van der Waals surface area contributed by atoms with Gasteiger partial charge in [0.15, 0.2) is 0 Å². The van der Waals surface area contributed by atoms with Crippen molar-refractivity contribution in [3.8, 4) is 0 Å². The first-order valence-corrected chi connectivity index (χ1v) is 6.75. The van der Waals surface area contributed by atoms with Crippen LogP contribution >= 0.6 is 11.3 Å². The second-order valence-electron chi connectivity index (χ2n) is 4.72. The molecule has 0 saturated heterocycles. The molecule has 0 amide bonds. The molecule has 16 heavy (non-hydrogen) atoms. The van der Waals surface area contributed by atoms with Crippen molar-refractivity contribution in [2.45, 2.75) is 45.8 Å². The molecule has 0 radical (unpaired) electrons. The van der Waals surface area contributed by atoms with Gasteiger partial charge in [0, 0.05) is 17.5 Å². The monoisotopic (exact) mass is 240 g/mol. The number of nitrogens with one attached hydrogen (secondary N) is 1. The number of nitrogens with zero attached hydrogens (tertiary/aromatic N) is 1. The molecule has 3 nitrogen and oxygen atoms in total. The summed E-state index contributed by atoms with van der Waals surface area (Å²) in [6, 6.07) is 0.291. The van der Waals surface area contributed by atoms with Gasteiger partial charge in [0.2, 0.25) is 0 Å². The number of thiazole rings is 1. The molecular formula is C12H20N2OS. The minimum Gasteiger partial charge on any atom is -0.392 e. The third-order valence-electron chi connectivity index (χ3n) is 3.13. The van der Waals surface area contributed by atoms with Gasteiger partial charge in [-0.1, -0.05) is 0 Å². The van der Waals surface area contributed by atoms with Gasteiger partial charge in [0.25, 0.3) is 0 Å². The van der Waals surface area contributed by atoms with Gasteiger partial charge in [-0.05, 0) is 39.5 Å². The van der Waals surface area contributed by atoms with E-state index in [0.717, 1.165) is 10.7 Å². The summed E-state index contributed by atoms with van der Waals surface area (Å²) >= 11 is 1.74. The van der Waals surface area contributed by atoms with E-state index in [9.17, 15) is 5.11 Å². The standard InChI is InChI=1S/C12H20N2OS/c1-7(12-8(2)14-9(3)16-12)13-6-11(15)10-4-5-10/h7,10-11,13,15H,4-6H2,1-3H3. The largest absolute Gasteiger partial charge is 0.392 e. The van der Waals surface area contributed by atoms with Crippen molar-refractivity contribution >= 4 is 11.3 Å². The minimum absolute atomic E-state index is 0.170. The average molecular weight is 240 g/mol. The fraction of sp³-hybridized carbons (Fsp3) is 0.750. The zero-order chi connectivity index (χ0) is 11.7. The summed E-state index contributed by atoms with van der Waals surface area (Å²) in [7, 11) is 0. The highest BCUT2D eigenvalue weighted by molar-refractivity contribution is 7.11. The molecule has 0 bridgehead atoms. The van der Waals surface area contributed by atoms with Crippen molar-refractivity contribution in [1.29, 1.82) is 0 Å². The third-order valence-corrected chi connectivity index (χ3v) is 4.39. The Morgan fingerprint density at radius 1 is 1.50 bits per heavy atom. The molecule has 0 aromatic carbocycles. The summed E-state index contributed by atoms with van der Waals surface area (Å²) in [5, 5.41) is 14.3. The number of aliphatic hydroxyl groups is 1. The smallest absolute Gasteiger partial charge is 0.0900 e. The Bertz CT molecular complexity index is 360. The predicted molar refractivity (Wildman–Crippen MR) is 66.7 cm³/mol. The van der Waals surface area contributed by atoms with Crippen molar-refractivity contribution in [2.24, 2.45) is 5.92 Å². The van der Waals surface area contributed by atoms with Crippen LogP contribution in [-0.2, 0) is 0 Å². The molecule has 0 spiro atoms. The van der Waals surface area contributed by atoms with Crippen LogP contribution in [-0.4, -0.2) is 22.7 Å². The Morgan fingerprint density at radius 3 is 2.69 bits per heavy atom. The van der Waals surface area contributed by atoms with Gasteiger partial charge in [-0.15, -0.1) is 11.3 Å². The van der Waals surface area contributed by atoms with Crippen LogP contribution in [0.4, 0.5) is 0 Å². The second-order valence-corrected chi connectivity index (χ2v) is 5.95. The van der Waals surface area contributed by atoms with Gasteiger partial charge in [-0.2, -0.15) is 0 Å². The van der Waals surface area contributed by atoms with Crippen molar-refractivity contribution in [3.05, 3.63) is 15.6 Å². The molecule has 4 heteroatoms. The first-order chi connectivity index (χ1) is 7.58. The lowest BCUT2D eigenvalue weighted by Crippen LogP contribution is -2.30. The van der Waals surface area contributed by atoms with Crippen molar-refractivity contribution in [2.75, 3.05) is 6.54 Å². The number of hydrogen-bond acceptors (Lipinski definition) is 4. The molecule has 2 unspecified atom stereocenters. The topological polar surface area (TPSA) is 45.2 Å². The maximum atomic E-state index is 9.78. The van der Waals surface area contributed by atoms with Gasteiger partial charge >= 0.3 is 0 Å². The molecule has 1 saturated carbocycles. The predicted octanol–water partition coefficient (Wildman–Crippen LogP) is 2.18. The maximum absolute atomic E-state index is 9.78. The van der Waals surface area contributed by atoms with Crippen LogP contribution in [0.3, 0.4) is 0 Å². The molecule has 1 fully saturated rings. The molecule has 1 aliphatic carbocycles. The molecule has 1 aliphatic rings. The van der Waals surface area contributed by atoms with Crippen LogP contribution in [0.1, 0.15) is 41.4 Å². The van der Waals surface area contributed by atoms with Gasteiger partial charge in [-0.25, -0.2) is 4.98 Å². The van der Waals surface area contributed by atoms with Gasteiger partial charge in [0.1, 0.15) is 0 Å². The summed E-state index contributed by atoms with van der Waals surface area (Å²) in [6.45, 7) is 6.92. The summed E-state index contributed by atoms with van der Waals surface area (Å²) in [5.41, 5.74) is 1.11. The Hall–Kier alpha value is -0.450. The van der Waals surface area contributed by atoms with Crippen LogP contribution in [0.2, 0.25) is 0 Å². The van der Waals surface area contributed by atoms with E-state index < -0.39 is 0 Å². The molecule has 1 aromatic rings. The number of aliphatic hydroxyl groups excluding tert-OH is 1. The highest BCUT2D eigenvalue weighted by atomic mass is 32.1. The molecular weight excluding hydrogens is 220 g/mol. The van der Waals surface area contributed by atoms with E-state index in [-0.39, 0.29) is 6.10 Å². The molecule has 1 heterocycles. The quantitative estimate of drug-likeness (QED) is 0.829. The second kappa shape index (κ2) is 4.82. The normalized spacial score (nSPS) is 19.8. The van der Waals surface area contributed by atoms with Crippen LogP contribution in [0.15, 0.2) is 0 Å². The van der Waals surface area contributed by atoms with E-state index in [4.69, 9.17) is 0 Å². The van der Waals surface area contributed by atoms with Gasteiger partial charge < -0.3 is 10.4 Å². The molecule has 2 atom stereocenters. The van der Waals surface area contributed by atoms with E-state index in [2.05, 4.69) is 17.2 Å². The third kappa shape index (κ3) is 2.81. The van der Waals surface area contributed by atoms with E-state index in [0.29, 0.717) is 18.5 Å². The lowest BCUT2D eigenvalue weighted by Gasteiger charge is -2.16. The molecule has 2 rings (SSSR count). The van der Waals surface area contributed by atoms with Crippen LogP contribution in [0, 0.1) is 19.8 Å². The van der Waals surface area contributed by atoms with E-state index in [1.807, 2.05) is 13.8 Å². The Morgan fingerprint density at radius 2 is 2.19 bits per heavy atom. The molecule has 1 aromatic heterocycles. The fourth-order valence-electron chi connectivity index (χ4n) is 1.99. The van der Waals surface area contributed by atoms with Gasteiger partial charge in [0.05, 0.1) is 16.8 Å². The van der Waals surface area contributed by atoms with Crippen LogP contribution in [0.5, 0.6) is 0 Å².